The number of sulfonamides is 1. The van der Waals surface area contributed by atoms with E-state index in [9.17, 15) is 18.0 Å². The summed E-state index contributed by atoms with van der Waals surface area (Å²) < 4.78 is 31.8. The third-order valence-electron chi connectivity index (χ3n) is 7.37. The summed E-state index contributed by atoms with van der Waals surface area (Å²) in [5, 5.41) is 2.71. The van der Waals surface area contributed by atoms with Crippen molar-refractivity contribution < 1.29 is 27.0 Å². The van der Waals surface area contributed by atoms with Gasteiger partial charge in [-0.1, -0.05) is 19.1 Å². The smallest absolute Gasteiger partial charge is 0.407 e. The van der Waals surface area contributed by atoms with Gasteiger partial charge < -0.3 is 26.4 Å². The van der Waals surface area contributed by atoms with Crippen LogP contribution in [0.25, 0.3) is 17.2 Å². The molecule has 1 saturated heterocycles. The third-order valence-corrected chi connectivity index (χ3v) is 9.31. The normalized spacial score (nSPS) is 18.1. The fraction of sp³-hybridized carbons (Fsp3) is 0.467. The second-order valence-corrected chi connectivity index (χ2v) is 13.3. The highest BCUT2D eigenvalue weighted by atomic mass is 32.2. The number of alkyl carbamates (subject to hydrolysis) is 1. The van der Waals surface area contributed by atoms with Gasteiger partial charge >= 0.3 is 16.1 Å². The molecule has 2 amide bonds. The minimum Gasteiger partial charge on any atom is -0.447 e. The first-order valence-electron chi connectivity index (χ1n) is 14.7. The number of nitrogens with one attached hydrogen (secondary N) is 2. The highest BCUT2D eigenvalue weighted by Crippen LogP contribution is 2.32. The Labute approximate surface area is 253 Å². The number of pyridine rings is 1. The lowest BCUT2D eigenvalue weighted by molar-refractivity contribution is -0.826. The molecule has 43 heavy (non-hydrogen) atoms. The van der Waals surface area contributed by atoms with Crippen LogP contribution in [0.15, 0.2) is 52.1 Å². The van der Waals surface area contributed by atoms with E-state index in [2.05, 4.69) is 15.3 Å². The zero-order valence-corrected chi connectivity index (χ0v) is 25.8. The molecule has 0 aliphatic carbocycles. The Kier molecular flexibility index (Phi) is 10.5. The molecule has 0 radical (unpaired) electrons. The van der Waals surface area contributed by atoms with Crippen LogP contribution < -0.4 is 21.1 Å². The van der Waals surface area contributed by atoms with Crippen molar-refractivity contribution >= 4 is 39.6 Å². The topological polar surface area (TPSA) is 175 Å². The molecule has 2 aromatic rings. The minimum atomic E-state index is -3.58. The molecular formula is C30H42N7O5S+. The van der Waals surface area contributed by atoms with Crippen LogP contribution in [0.4, 0.5) is 10.5 Å². The van der Waals surface area contributed by atoms with Crippen molar-refractivity contribution in [3.8, 4) is 11.1 Å². The van der Waals surface area contributed by atoms with E-state index in [0.717, 1.165) is 17.5 Å². The van der Waals surface area contributed by atoms with Crippen LogP contribution in [0.2, 0.25) is 0 Å². The summed E-state index contributed by atoms with van der Waals surface area (Å²) in [6.45, 7) is 8.44. The molecule has 232 valence electrons. The maximum atomic E-state index is 13.6. The van der Waals surface area contributed by atoms with E-state index >= 15 is 0 Å². The quantitative estimate of drug-likeness (QED) is 0.261. The fourth-order valence-electron chi connectivity index (χ4n) is 5.07. The average Bonchev–Trinajstić information content (AvgIpc) is 3.10. The van der Waals surface area contributed by atoms with Crippen molar-refractivity contribution in [2.45, 2.75) is 51.0 Å². The monoisotopic (exact) mass is 612 g/mol. The van der Waals surface area contributed by atoms with Crippen molar-refractivity contribution in [1.29, 1.82) is 0 Å². The number of aliphatic imine (C=N–C) groups is 1. The molecule has 2 aliphatic heterocycles. The van der Waals surface area contributed by atoms with E-state index in [1.807, 2.05) is 31.2 Å². The Bertz CT molecular complexity index is 1500. The standard InChI is InChI=1S/C30H41N7O5S/c1-4-9-36(10-5-8-34-30(39)42-20(2)3)29(38)24-11-23-7-6-22(13-27(23)35-28(32)14-24)25-12-26(17-33-16-25)43(40,41)37-18-21(15-31)19-37/h6-7,11-13,16-17,20-21H,4-5,8-10,14-15,18-19,31H2,1-3H3,(H2,32,35)(H,34,39)/p+1. The maximum absolute atomic E-state index is 13.6. The maximum Gasteiger partial charge on any atom is 0.407 e. The first kappa shape index (κ1) is 32.1. The minimum absolute atomic E-state index is 0.130. The van der Waals surface area contributed by atoms with Gasteiger partial charge in [-0.3, -0.25) is 9.78 Å². The van der Waals surface area contributed by atoms with Crippen molar-refractivity contribution in [1.82, 2.24) is 15.2 Å². The largest absolute Gasteiger partial charge is 0.447 e. The van der Waals surface area contributed by atoms with Crippen LogP contribution in [0, 0.1) is 5.92 Å². The molecule has 0 saturated carbocycles. The summed E-state index contributed by atoms with van der Waals surface area (Å²) in [5.41, 5.74) is 15.2. The number of nitrogens with zero attached hydrogens (tertiary/aromatic N) is 3. The van der Waals surface area contributed by atoms with Gasteiger partial charge in [0.15, 0.2) is 0 Å². The van der Waals surface area contributed by atoms with Crippen LogP contribution in [-0.2, 0) is 19.6 Å². The third kappa shape index (κ3) is 7.98. The number of nitrogens with two attached hydrogens (primary N) is 2. The fourth-order valence-corrected chi connectivity index (χ4v) is 6.80. The summed E-state index contributed by atoms with van der Waals surface area (Å²) >= 11 is 0. The molecule has 12 nitrogen and oxygen atoms in total. The molecule has 0 unspecified atom stereocenters. The molecule has 1 aromatic carbocycles. The van der Waals surface area contributed by atoms with E-state index in [-0.39, 0.29) is 29.2 Å². The lowest BCUT2D eigenvalue weighted by Gasteiger charge is -2.33. The Morgan fingerprint density at radius 1 is 1.16 bits per heavy atom. The summed E-state index contributed by atoms with van der Waals surface area (Å²) in [4.78, 5) is 36.0. The Balaban J connectivity index is 1.50. The van der Waals surface area contributed by atoms with Crippen molar-refractivity contribution in [3.05, 3.63) is 47.8 Å². The molecule has 1 fully saturated rings. The van der Waals surface area contributed by atoms with Crippen molar-refractivity contribution in [2.75, 3.05) is 39.3 Å². The number of carbonyl (C=O) groups excluding carboxylic acids is 2. The van der Waals surface area contributed by atoms with Crippen LogP contribution in [0.5, 0.6) is 0 Å². The molecule has 1 aromatic heterocycles. The number of hydrogen-bond donors (Lipinski definition) is 4. The number of ether oxygens (including phenoxy) is 1. The van der Waals surface area contributed by atoms with Gasteiger partial charge in [0, 0.05) is 55.5 Å². The molecule has 0 bridgehead atoms. The second kappa shape index (κ2) is 14.1. The van der Waals surface area contributed by atoms with Crippen LogP contribution in [-0.4, -0.2) is 81.5 Å². The molecule has 6 N–H and O–H groups in total. The van der Waals surface area contributed by atoms with Gasteiger partial charge in [-0.05, 0) is 50.5 Å². The summed E-state index contributed by atoms with van der Waals surface area (Å²) in [6.07, 6.45) is 5.67. The van der Waals surface area contributed by atoms with E-state index in [1.165, 1.54) is 6.20 Å². The molecule has 2 aliphatic rings. The number of rotatable bonds is 12. The molecular weight excluding hydrogens is 570 g/mol. The number of fused-ring (bicyclic) bond motifs is 1. The van der Waals surface area contributed by atoms with E-state index < -0.39 is 16.1 Å². The van der Waals surface area contributed by atoms with Gasteiger partial charge in [0.2, 0.25) is 5.91 Å². The highest BCUT2D eigenvalue weighted by Gasteiger charge is 2.40. The van der Waals surface area contributed by atoms with Gasteiger partial charge in [0.1, 0.15) is 23.8 Å². The van der Waals surface area contributed by atoms with Crippen molar-refractivity contribution in [3.63, 3.8) is 0 Å². The molecule has 0 atom stereocenters. The molecule has 0 spiro atoms. The number of amidine groups is 1. The Hall–Kier alpha value is -3.81. The number of quaternary nitrogens is 1. The zero-order valence-electron chi connectivity index (χ0n) is 25.0. The molecule has 3 heterocycles. The van der Waals surface area contributed by atoms with Gasteiger partial charge in [-0.25, -0.2) is 14.1 Å². The van der Waals surface area contributed by atoms with Gasteiger partial charge in [0.05, 0.1) is 23.9 Å². The molecule has 4 rings (SSSR count). The first-order valence-corrected chi connectivity index (χ1v) is 16.2. The Morgan fingerprint density at radius 2 is 1.93 bits per heavy atom. The van der Waals surface area contributed by atoms with Gasteiger partial charge in [-0.2, -0.15) is 8.42 Å². The number of carbonyl (C=O) groups is 2. The average molecular weight is 613 g/mol. The SMILES string of the molecule is CCCN(CCCNC(=O)OC(C)C)C(=O)C1=Cc2ccc(-c3cncc(S(=O)(=O)[NH+]4CC(CN)C4)c3)cc2N=C(N)C1. The van der Waals surface area contributed by atoms with E-state index in [4.69, 9.17) is 16.2 Å². The van der Waals surface area contributed by atoms with Crippen molar-refractivity contribution in [2.24, 2.45) is 22.4 Å². The van der Waals surface area contributed by atoms with Crippen LogP contribution >= 0.6 is 0 Å². The number of hydrogen-bond acceptors (Lipinski definition) is 9. The lowest BCUT2D eigenvalue weighted by Crippen LogP contribution is -3.21. The van der Waals surface area contributed by atoms with E-state index in [1.54, 1.807) is 31.0 Å². The van der Waals surface area contributed by atoms with Gasteiger partial charge in [0.25, 0.3) is 0 Å². The lowest BCUT2D eigenvalue weighted by atomic mass is 10.0. The highest BCUT2D eigenvalue weighted by molar-refractivity contribution is 7.85. The molecule has 13 heteroatoms. The predicted molar refractivity (Wildman–Crippen MR) is 165 cm³/mol. The van der Waals surface area contributed by atoms with Crippen LogP contribution in [0.3, 0.4) is 0 Å². The van der Waals surface area contributed by atoms with Gasteiger partial charge in [-0.15, -0.1) is 0 Å². The summed E-state index contributed by atoms with van der Waals surface area (Å²) in [6, 6.07) is 7.16. The number of amides is 2. The second-order valence-electron chi connectivity index (χ2n) is 11.2. The first-order chi connectivity index (χ1) is 20.5. The number of benzene rings is 1. The summed E-state index contributed by atoms with van der Waals surface area (Å²) in [7, 11) is -3.58. The summed E-state index contributed by atoms with van der Waals surface area (Å²) in [5.74, 6) is 0.384. The number of aromatic nitrogens is 1. The Morgan fingerprint density at radius 3 is 2.63 bits per heavy atom. The van der Waals surface area contributed by atoms with E-state index in [0.29, 0.717) is 72.7 Å². The zero-order chi connectivity index (χ0) is 31.1. The van der Waals surface area contributed by atoms with Crippen LogP contribution in [0.1, 0.15) is 45.6 Å². The predicted octanol–water partition coefficient (Wildman–Crippen LogP) is 1.45.